The van der Waals surface area contributed by atoms with Crippen LogP contribution in [0.3, 0.4) is 0 Å². The first-order chi connectivity index (χ1) is 9.58. The van der Waals surface area contributed by atoms with Crippen molar-refractivity contribution in [1.82, 2.24) is 9.97 Å². The van der Waals surface area contributed by atoms with Crippen molar-refractivity contribution in [1.29, 1.82) is 0 Å². The lowest BCUT2D eigenvalue weighted by Gasteiger charge is -2.02. The molecule has 0 fully saturated rings. The van der Waals surface area contributed by atoms with Gasteiger partial charge in [-0.2, -0.15) is 0 Å². The minimum absolute atomic E-state index is 0.0956. The van der Waals surface area contributed by atoms with Crippen molar-refractivity contribution in [2.75, 3.05) is 0 Å². The number of H-pyrrole nitrogens is 1. The first-order valence-electron chi connectivity index (χ1n) is 6.13. The second-order valence-corrected chi connectivity index (χ2v) is 5.12. The lowest BCUT2D eigenvalue weighted by Crippen LogP contribution is -2.09. The summed E-state index contributed by atoms with van der Waals surface area (Å²) in [5.41, 5.74) is 0.570. The van der Waals surface area contributed by atoms with Crippen molar-refractivity contribution in [3.8, 4) is 0 Å². The highest BCUT2D eigenvalue weighted by molar-refractivity contribution is 7.98. The van der Waals surface area contributed by atoms with Crippen molar-refractivity contribution >= 4 is 17.7 Å². The zero-order chi connectivity index (χ0) is 14.5. The summed E-state index contributed by atoms with van der Waals surface area (Å²) in [5, 5.41) is 9.26. The molecule has 6 nitrogen and oxygen atoms in total. The highest BCUT2D eigenvalue weighted by atomic mass is 32.2. The molecule has 0 bridgehead atoms. The number of nitrogens with zero attached hydrogens (tertiary/aromatic N) is 1. The Hall–Kier alpha value is -2.02. The summed E-state index contributed by atoms with van der Waals surface area (Å²) in [6, 6.07) is 4.50. The third-order valence-electron chi connectivity index (χ3n) is 2.50. The van der Waals surface area contributed by atoms with Crippen LogP contribution in [-0.4, -0.2) is 21.0 Å². The maximum Gasteiger partial charge on any atom is 0.371 e. The molecule has 0 spiro atoms. The van der Waals surface area contributed by atoms with Crippen molar-refractivity contribution in [3.63, 3.8) is 0 Å². The van der Waals surface area contributed by atoms with E-state index in [4.69, 9.17) is 9.52 Å². The second kappa shape index (κ2) is 6.42. The molecule has 106 valence electrons. The minimum atomic E-state index is -1.10. The SMILES string of the molecule is CCCc1cc(=O)[nH]c(SCc2ccc(C(=O)O)o2)n1. The molecule has 0 aliphatic rings. The molecule has 20 heavy (non-hydrogen) atoms. The van der Waals surface area contributed by atoms with Crippen LogP contribution in [0.1, 0.15) is 35.4 Å². The molecule has 0 saturated heterocycles. The predicted octanol–water partition coefficient (Wildman–Crippen LogP) is 2.31. The Kier molecular flexibility index (Phi) is 4.62. The Labute approximate surface area is 119 Å². The number of aromatic carboxylic acids is 1. The van der Waals surface area contributed by atoms with Crippen LogP contribution in [0.2, 0.25) is 0 Å². The molecule has 0 aromatic carbocycles. The molecule has 2 rings (SSSR count). The molecule has 0 unspecified atom stereocenters. The molecule has 0 saturated carbocycles. The van der Waals surface area contributed by atoms with Gasteiger partial charge < -0.3 is 14.5 Å². The van der Waals surface area contributed by atoms with E-state index < -0.39 is 5.97 Å². The number of furan rings is 1. The Morgan fingerprint density at radius 3 is 2.95 bits per heavy atom. The monoisotopic (exact) mass is 294 g/mol. The van der Waals surface area contributed by atoms with E-state index >= 15 is 0 Å². The smallest absolute Gasteiger partial charge is 0.371 e. The molecule has 0 amide bonds. The van der Waals surface area contributed by atoms with Crippen LogP contribution in [-0.2, 0) is 12.2 Å². The fraction of sp³-hybridized carbons (Fsp3) is 0.308. The van der Waals surface area contributed by atoms with Gasteiger partial charge in [0.05, 0.1) is 5.75 Å². The quantitative estimate of drug-likeness (QED) is 0.627. The van der Waals surface area contributed by atoms with E-state index in [9.17, 15) is 9.59 Å². The van der Waals surface area contributed by atoms with E-state index in [0.717, 1.165) is 18.5 Å². The number of thioether (sulfide) groups is 1. The van der Waals surface area contributed by atoms with Gasteiger partial charge in [0.2, 0.25) is 5.76 Å². The maximum atomic E-state index is 11.5. The molecule has 0 aliphatic heterocycles. The fourth-order valence-electron chi connectivity index (χ4n) is 1.65. The molecular formula is C13H14N2O4S. The zero-order valence-electron chi connectivity index (χ0n) is 10.9. The maximum absolute atomic E-state index is 11.5. The third-order valence-corrected chi connectivity index (χ3v) is 3.40. The molecule has 0 atom stereocenters. The summed E-state index contributed by atoms with van der Waals surface area (Å²) < 4.78 is 5.13. The summed E-state index contributed by atoms with van der Waals surface area (Å²) in [6.07, 6.45) is 1.67. The van der Waals surface area contributed by atoms with Crippen LogP contribution in [0.5, 0.6) is 0 Å². The predicted molar refractivity (Wildman–Crippen MR) is 74.1 cm³/mol. The number of hydrogen-bond acceptors (Lipinski definition) is 5. The number of carbonyl (C=O) groups is 1. The summed E-state index contributed by atoms with van der Waals surface area (Å²) in [5.74, 6) is -0.262. The average molecular weight is 294 g/mol. The van der Waals surface area contributed by atoms with E-state index in [1.165, 1.54) is 23.9 Å². The van der Waals surface area contributed by atoms with Gasteiger partial charge in [0.1, 0.15) is 5.76 Å². The number of carboxylic acids is 1. The number of aromatic amines is 1. The van der Waals surface area contributed by atoms with Crippen LogP contribution in [0, 0.1) is 0 Å². The molecule has 2 aromatic heterocycles. The normalized spacial score (nSPS) is 10.7. The highest BCUT2D eigenvalue weighted by Gasteiger charge is 2.10. The van der Waals surface area contributed by atoms with Crippen molar-refractivity contribution in [3.05, 3.63) is 45.8 Å². The van der Waals surface area contributed by atoms with Gasteiger partial charge in [0.25, 0.3) is 5.56 Å². The van der Waals surface area contributed by atoms with E-state index in [1.807, 2.05) is 6.92 Å². The van der Waals surface area contributed by atoms with Gasteiger partial charge in [0.15, 0.2) is 5.16 Å². The molecule has 7 heteroatoms. The van der Waals surface area contributed by atoms with Gasteiger partial charge in [-0.1, -0.05) is 25.1 Å². The van der Waals surface area contributed by atoms with Crippen molar-refractivity contribution in [2.24, 2.45) is 0 Å². The number of carboxylic acid groups (broad SMARTS) is 1. The fourth-order valence-corrected chi connectivity index (χ4v) is 2.43. The Morgan fingerprint density at radius 1 is 1.50 bits per heavy atom. The first kappa shape index (κ1) is 14.4. The largest absolute Gasteiger partial charge is 0.475 e. The molecular weight excluding hydrogens is 280 g/mol. The van der Waals surface area contributed by atoms with Gasteiger partial charge in [-0.05, 0) is 18.6 Å². The summed E-state index contributed by atoms with van der Waals surface area (Å²) in [7, 11) is 0. The standard InChI is InChI=1S/C13H14N2O4S/c1-2-3-8-6-11(16)15-13(14-8)20-7-9-4-5-10(19-9)12(17)18/h4-6H,2-3,7H2,1H3,(H,17,18)(H,14,15,16). The molecule has 0 radical (unpaired) electrons. The molecule has 2 N–H and O–H groups in total. The summed E-state index contributed by atoms with van der Waals surface area (Å²) >= 11 is 1.30. The number of rotatable bonds is 6. The molecule has 0 aliphatic carbocycles. The third kappa shape index (κ3) is 3.74. The van der Waals surface area contributed by atoms with Crippen LogP contribution in [0.4, 0.5) is 0 Å². The van der Waals surface area contributed by atoms with E-state index in [0.29, 0.717) is 16.7 Å². The van der Waals surface area contributed by atoms with Gasteiger partial charge in [-0.25, -0.2) is 9.78 Å². The van der Waals surface area contributed by atoms with Crippen LogP contribution in [0.25, 0.3) is 0 Å². The highest BCUT2D eigenvalue weighted by Crippen LogP contribution is 2.20. The summed E-state index contributed by atoms with van der Waals surface area (Å²) in [6.45, 7) is 2.02. The lowest BCUT2D eigenvalue weighted by molar-refractivity contribution is 0.0661. The van der Waals surface area contributed by atoms with Crippen LogP contribution < -0.4 is 5.56 Å². The number of hydrogen-bond donors (Lipinski definition) is 2. The average Bonchev–Trinajstić information content (AvgIpc) is 2.85. The Morgan fingerprint density at radius 2 is 2.30 bits per heavy atom. The van der Waals surface area contributed by atoms with E-state index in [1.54, 1.807) is 6.07 Å². The lowest BCUT2D eigenvalue weighted by atomic mass is 10.2. The van der Waals surface area contributed by atoms with Gasteiger partial charge in [0, 0.05) is 11.8 Å². The second-order valence-electron chi connectivity index (χ2n) is 4.15. The number of aryl methyl sites for hydroxylation is 1. The van der Waals surface area contributed by atoms with Crippen LogP contribution in [0.15, 0.2) is 32.6 Å². The van der Waals surface area contributed by atoms with Gasteiger partial charge in [-0.3, -0.25) is 4.79 Å². The first-order valence-corrected chi connectivity index (χ1v) is 7.12. The Balaban J connectivity index is 2.06. The minimum Gasteiger partial charge on any atom is -0.475 e. The molecule has 2 heterocycles. The topological polar surface area (TPSA) is 96.2 Å². The van der Waals surface area contributed by atoms with Crippen molar-refractivity contribution < 1.29 is 14.3 Å². The zero-order valence-corrected chi connectivity index (χ0v) is 11.7. The summed E-state index contributed by atoms with van der Waals surface area (Å²) in [4.78, 5) is 29.1. The van der Waals surface area contributed by atoms with Gasteiger partial charge >= 0.3 is 5.97 Å². The Bertz CT molecular complexity index is 662. The van der Waals surface area contributed by atoms with Gasteiger partial charge in [-0.15, -0.1) is 0 Å². The molecule has 2 aromatic rings. The van der Waals surface area contributed by atoms with Crippen LogP contribution >= 0.6 is 11.8 Å². The number of aromatic nitrogens is 2. The van der Waals surface area contributed by atoms with E-state index in [-0.39, 0.29) is 11.3 Å². The van der Waals surface area contributed by atoms with Crippen molar-refractivity contribution in [2.45, 2.75) is 30.7 Å². The van der Waals surface area contributed by atoms with E-state index in [2.05, 4.69) is 9.97 Å². The number of nitrogens with one attached hydrogen (secondary N) is 1.